The fourth-order valence-electron chi connectivity index (χ4n) is 3.30. The Morgan fingerprint density at radius 3 is 2.33 bits per heavy atom. The zero-order valence-electron chi connectivity index (χ0n) is 17.2. The zero-order chi connectivity index (χ0) is 21.5. The molecule has 3 rings (SSSR count). The van der Waals surface area contributed by atoms with Gasteiger partial charge >= 0.3 is 0 Å². The third-order valence-electron chi connectivity index (χ3n) is 5.02. The number of nitrogens with one attached hydrogen (secondary N) is 2. The van der Waals surface area contributed by atoms with Gasteiger partial charge in [-0.05, 0) is 54.7 Å². The van der Waals surface area contributed by atoms with Crippen LogP contribution in [0.3, 0.4) is 0 Å². The number of carbonyl (C=O) groups excluding carboxylic acids is 2. The average molecular weight is 407 g/mol. The molecule has 156 valence electrons. The summed E-state index contributed by atoms with van der Waals surface area (Å²) < 4.78 is 13.2. The summed E-state index contributed by atoms with van der Waals surface area (Å²) in [5.74, 6) is -0.642. The van der Waals surface area contributed by atoms with Gasteiger partial charge in [-0.2, -0.15) is 0 Å². The molecule has 3 aromatic rings. The van der Waals surface area contributed by atoms with E-state index in [2.05, 4.69) is 10.6 Å². The highest BCUT2D eigenvalue weighted by atomic mass is 19.1. The Kier molecular flexibility index (Phi) is 7.14. The van der Waals surface area contributed by atoms with Gasteiger partial charge in [0.15, 0.2) is 0 Å². The molecule has 0 saturated carbocycles. The van der Waals surface area contributed by atoms with E-state index in [1.807, 2.05) is 55.4 Å². The SMILES string of the molecule is CN(C)C(CNC(=O)CCNC(=O)c1ccc2ccccc2c1)c1ccc(F)cc1. The lowest BCUT2D eigenvalue weighted by atomic mass is 10.1. The van der Waals surface area contributed by atoms with Crippen molar-refractivity contribution in [3.8, 4) is 0 Å². The van der Waals surface area contributed by atoms with Gasteiger partial charge in [-0.3, -0.25) is 9.59 Å². The summed E-state index contributed by atoms with van der Waals surface area (Å²) in [4.78, 5) is 26.5. The molecule has 0 aliphatic carbocycles. The van der Waals surface area contributed by atoms with Crippen molar-refractivity contribution in [2.75, 3.05) is 27.2 Å². The highest BCUT2D eigenvalue weighted by Crippen LogP contribution is 2.18. The number of hydrogen-bond donors (Lipinski definition) is 2. The fraction of sp³-hybridized carbons (Fsp3) is 0.250. The van der Waals surface area contributed by atoms with E-state index in [4.69, 9.17) is 0 Å². The molecular formula is C24H26FN3O2. The van der Waals surface area contributed by atoms with E-state index >= 15 is 0 Å². The first-order chi connectivity index (χ1) is 14.4. The predicted octanol–water partition coefficient (Wildman–Crippen LogP) is 3.52. The lowest BCUT2D eigenvalue weighted by molar-refractivity contribution is -0.121. The van der Waals surface area contributed by atoms with Gasteiger partial charge in [0.1, 0.15) is 5.82 Å². The van der Waals surface area contributed by atoms with E-state index in [1.54, 1.807) is 18.2 Å². The van der Waals surface area contributed by atoms with Crippen LogP contribution in [0.1, 0.15) is 28.4 Å². The molecule has 6 heteroatoms. The van der Waals surface area contributed by atoms with Gasteiger partial charge in [0.2, 0.25) is 5.91 Å². The standard InChI is InChI=1S/C24H26FN3O2/c1-28(2)22(18-9-11-21(25)12-10-18)16-27-23(29)13-14-26-24(30)20-8-7-17-5-3-4-6-19(17)15-20/h3-12,15,22H,13-14,16H2,1-2H3,(H,26,30)(H,27,29). The van der Waals surface area contributed by atoms with Crippen molar-refractivity contribution in [2.24, 2.45) is 0 Å². The summed E-state index contributed by atoms with van der Waals surface area (Å²) in [6, 6.07) is 19.6. The minimum atomic E-state index is -0.289. The Balaban J connectivity index is 1.47. The van der Waals surface area contributed by atoms with Crippen LogP contribution >= 0.6 is 0 Å². The van der Waals surface area contributed by atoms with Crippen LogP contribution < -0.4 is 10.6 Å². The van der Waals surface area contributed by atoms with Crippen molar-refractivity contribution >= 4 is 22.6 Å². The summed E-state index contributed by atoms with van der Waals surface area (Å²) >= 11 is 0. The Bertz CT molecular complexity index is 1020. The molecule has 1 atom stereocenters. The van der Waals surface area contributed by atoms with Crippen molar-refractivity contribution in [1.29, 1.82) is 0 Å². The monoisotopic (exact) mass is 407 g/mol. The molecule has 0 saturated heterocycles. The molecule has 30 heavy (non-hydrogen) atoms. The van der Waals surface area contributed by atoms with Gasteiger partial charge in [0, 0.05) is 25.1 Å². The van der Waals surface area contributed by atoms with E-state index in [1.165, 1.54) is 12.1 Å². The third-order valence-corrected chi connectivity index (χ3v) is 5.02. The molecule has 0 radical (unpaired) electrons. The van der Waals surface area contributed by atoms with Gasteiger partial charge < -0.3 is 15.5 Å². The molecule has 0 bridgehead atoms. The molecule has 0 fully saturated rings. The topological polar surface area (TPSA) is 61.4 Å². The van der Waals surface area contributed by atoms with Gasteiger partial charge in [0.05, 0.1) is 6.04 Å². The first-order valence-electron chi connectivity index (χ1n) is 9.89. The van der Waals surface area contributed by atoms with E-state index in [0.29, 0.717) is 12.1 Å². The lowest BCUT2D eigenvalue weighted by Gasteiger charge is -2.25. The maximum atomic E-state index is 13.2. The normalized spacial score (nSPS) is 12.0. The number of amides is 2. The molecule has 0 spiro atoms. The predicted molar refractivity (Wildman–Crippen MR) is 117 cm³/mol. The third kappa shape index (κ3) is 5.64. The average Bonchev–Trinajstić information content (AvgIpc) is 2.74. The van der Waals surface area contributed by atoms with Crippen LogP contribution in [0.15, 0.2) is 66.7 Å². The van der Waals surface area contributed by atoms with Crippen LogP contribution in [-0.2, 0) is 4.79 Å². The van der Waals surface area contributed by atoms with Crippen LogP contribution in [0.5, 0.6) is 0 Å². The van der Waals surface area contributed by atoms with Crippen LogP contribution in [0.2, 0.25) is 0 Å². The molecule has 1 unspecified atom stereocenters. The molecular weight excluding hydrogens is 381 g/mol. The minimum Gasteiger partial charge on any atom is -0.354 e. The number of fused-ring (bicyclic) bond motifs is 1. The maximum absolute atomic E-state index is 13.2. The summed E-state index contributed by atoms with van der Waals surface area (Å²) in [6.45, 7) is 0.650. The number of rotatable bonds is 8. The van der Waals surface area contributed by atoms with Crippen LogP contribution in [-0.4, -0.2) is 43.9 Å². The van der Waals surface area contributed by atoms with E-state index in [9.17, 15) is 14.0 Å². The van der Waals surface area contributed by atoms with Crippen molar-refractivity contribution in [2.45, 2.75) is 12.5 Å². The molecule has 3 aromatic carbocycles. The van der Waals surface area contributed by atoms with Crippen LogP contribution in [0.4, 0.5) is 4.39 Å². The number of hydrogen-bond acceptors (Lipinski definition) is 3. The largest absolute Gasteiger partial charge is 0.354 e. The van der Waals surface area contributed by atoms with E-state index < -0.39 is 0 Å². The summed E-state index contributed by atoms with van der Waals surface area (Å²) in [7, 11) is 3.81. The quantitative estimate of drug-likeness (QED) is 0.601. The van der Waals surface area contributed by atoms with Gasteiger partial charge in [-0.15, -0.1) is 0 Å². The van der Waals surface area contributed by atoms with Gasteiger partial charge in [-0.1, -0.05) is 42.5 Å². The molecule has 5 nitrogen and oxygen atoms in total. The maximum Gasteiger partial charge on any atom is 0.251 e. The van der Waals surface area contributed by atoms with Crippen molar-refractivity contribution < 1.29 is 14.0 Å². The van der Waals surface area contributed by atoms with Crippen LogP contribution in [0, 0.1) is 5.82 Å². The van der Waals surface area contributed by atoms with Crippen LogP contribution in [0.25, 0.3) is 10.8 Å². The van der Waals surface area contributed by atoms with E-state index in [-0.39, 0.29) is 36.6 Å². The first-order valence-corrected chi connectivity index (χ1v) is 9.89. The van der Waals surface area contributed by atoms with Crippen molar-refractivity contribution in [3.05, 3.63) is 83.7 Å². The minimum absolute atomic E-state index is 0.0678. The zero-order valence-corrected chi connectivity index (χ0v) is 17.2. The summed E-state index contributed by atoms with van der Waals surface area (Å²) in [5.41, 5.74) is 1.49. The number of carbonyl (C=O) groups is 2. The highest BCUT2D eigenvalue weighted by molar-refractivity contribution is 5.98. The number of halogens is 1. The molecule has 0 aromatic heterocycles. The smallest absolute Gasteiger partial charge is 0.251 e. The van der Waals surface area contributed by atoms with Crippen molar-refractivity contribution in [1.82, 2.24) is 15.5 Å². The molecule has 0 aliphatic rings. The molecule has 0 heterocycles. The van der Waals surface area contributed by atoms with Gasteiger partial charge in [-0.25, -0.2) is 4.39 Å². The number of likely N-dealkylation sites (N-methyl/N-ethyl adjacent to an activating group) is 1. The Morgan fingerprint density at radius 1 is 0.933 bits per heavy atom. The Labute approximate surface area is 175 Å². The highest BCUT2D eigenvalue weighted by Gasteiger charge is 2.15. The Morgan fingerprint density at radius 2 is 1.63 bits per heavy atom. The molecule has 0 aliphatic heterocycles. The second-order valence-corrected chi connectivity index (χ2v) is 7.40. The lowest BCUT2D eigenvalue weighted by Crippen LogP contribution is -2.36. The summed E-state index contributed by atoms with van der Waals surface area (Å²) in [5, 5.41) is 7.75. The summed E-state index contributed by atoms with van der Waals surface area (Å²) in [6.07, 6.45) is 0.183. The van der Waals surface area contributed by atoms with Gasteiger partial charge in [0.25, 0.3) is 5.91 Å². The van der Waals surface area contributed by atoms with E-state index in [0.717, 1.165) is 16.3 Å². The molecule has 2 N–H and O–H groups in total. The Hall–Kier alpha value is -3.25. The van der Waals surface area contributed by atoms with Crippen molar-refractivity contribution in [3.63, 3.8) is 0 Å². The fourth-order valence-corrected chi connectivity index (χ4v) is 3.30. The number of benzene rings is 3. The number of nitrogens with zero attached hydrogens (tertiary/aromatic N) is 1. The first kappa shape index (κ1) is 21.5. The second-order valence-electron chi connectivity index (χ2n) is 7.40. The molecule has 2 amide bonds. The second kappa shape index (κ2) is 9.98.